The summed E-state index contributed by atoms with van der Waals surface area (Å²) in [4.78, 5) is 15.9. The molecule has 0 aromatic carbocycles. The Hall–Kier alpha value is -1.38. The van der Waals surface area contributed by atoms with Crippen molar-refractivity contribution in [2.24, 2.45) is 11.8 Å². The molecule has 3 nitrogen and oxygen atoms in total. The second-order valence-corrected chi connectivity index (χ2v) is 3.74. The van der Waals surface area contributed by atoms with E-state index in [0.29, 0.717) is 17.4 Å². The maximum absolute atomic E-state index is 11.9. The molecule has 1 saturated carbocycles. The first-order valence-corrected chi connectivity index (χ1v) is 4.77. The fourth-order valence-electron chi connectivity index (χ4n) is 1.60. The summed E-state index contributed by atoms with van der Waals surface area (Å²) >= 11 is 0. The van der Waals surface area contributed by atoms with E-state index in [1.807, 2.05) is 0 Å². The van der Waals surface area contributed by atoms with Crippen LogP contribution in [0, 0.1) is 11.8 Å². The lowest BCUT2D eigenvalue weighted by Gasteiger charge is -2.04. The topological polar surface area (TPSA) is 39.2 Å². The number of ether oxygens (including phenoxy) is 1. The third kappa shape index (κ3) is 1.50. The molecule has 0 bridgehead atoms. The third-order valence-corrected chi connectivity index (χ3v) is 2.67. The van der Waals surface area contributed by atoms with E-state index in [0.717, 1.165) is 6.42 Å². The molecule has 0 spiro atoms. The van der Waals surface area contributed by atoms with Crippen molar-refractivity contribution in [3.8, 4) is 5.75 Å². The molecular formula is C11H13NO2. The van der Waals surface area contributed by atoms with Crippen LogP contribution in [0.25, 0.3) is 0 Å². The molecule has 1 heterocycles. The quantitative estimate of drug-likeness (QED) is 0.685. The average molecular weight is 191 g/mol. The van der Waals surface area contributed by atoms with Crippen molar-refractivity contribution in [3.63, 3.8) is 0 Å². The van der Waals surface area contributed by atoms with E-state index in [1.54, 1.807) is 25.4 Å². The van der Waals surface area contributed by atoms with Gasteiger partial charge in [0.05, 0.1) is 7.11 Å². The summed E-state index contributed by atoms with van der Waals surface area (Å²) in [5, 5.41) is 0. The average Bonchev–Trinajstić information content (AvgIpc) is 2.94. The predicted octanol–water partition coefficient (Wildman–Crippen LogP) is 1.93. The zero-order chi connectivity index (χ0) is 10.1. The molecule has 1 aromatic rings. The van der Waals surface area contributed by atoms with Crippen molar-refractivity contribution >= 4 is 5.78 Å². The second kappa shape index (κ2) is 3.40. The standard InChI is InChI=1S/C11H13NO2/c1-7-6-8(7)11(13)10-9(14-2)4-3-5-12-10/h3-5,7-8H,6H2,1-2H3. The van der Waals surface area contributed by atoms with Gasteiger partial charge in [-0.05, 0) is 24.5 Å². The van der Waals surface area contributed by atoms with Gasteiger partial charge < -0.3 is 4.74 Å². The molecule has 2 rings (SSSR count). The predicted molar refractivity (Wildman–Crippen MR) is 52.4 cm³/mol. The first-order valence-electron chi connectivity index (χ1n) is 4.77. The Labute approximate surface area is 83.1 Å². The highest BCUT2D eigenvalue weighted by Crippen LogP contribution is 2.41. The van der Waals surface area contributed by atoms with Crippen LogP contribution in [0.15, 0.2) is 18.3 Å². The number of pyridine rings is 1. The van der Waals surface area contributed by atoms with E-state index in [2.05, 4.69) is 11.9 Å². The lowest BCUT2D eigenvalue weighted by atomic mass is 10.1. The first-order chi connectivity index (χ1) is 6.74. The largest absolute Gasteiger partial charge is 0.494 e. The van der Waals surface area contributed by atoms with Gasteiger partial charge in [0, 0.05) is 12.1 Å². The molecule has 2 atom stereocenters. The Morgan fingerprint density at radius 2 is 2.36 bits per heavy atom. The van der Waals surface area contributed by atoms with Gasteiger partial charge in [-0.2, -0.15) is 0 Å². The van der Waals surface area contributed by atoms with Crippen LogP contribution in [0.1, 0.15) is 23.8 Å². The van der Waals surface area contributed by atoms with Gasteiger partial charge in [0.25, 0.3) is 0 Å². The van der Waals surface area contributed by atoms with Crippen molar-refractivity contribution in [2.75, 3.05) is 7.11 Å². The maximum Gasteiger partial charge on any atom is 0.188 e. The van der Waals surface area contributed by atoms with Crippen LogP contribution in [0.4, 0.5) is 0 Å². The van der Waals surface area contributed by atoms with Crippen LogP contribution >= 0.6 is 0 Å². The minimum atomic E-state index is 0.120. The fourth-order valence-corrected chi connectivity index (χ4v) is 1.60. The maximum atomic E-state index is 11.9. The Morgan fingerprint density at radius 1 is 1.64 bits per heavy atom. The van der Waals surface area contributed by atoms with E-state index in [-0.39, 0.29) is 11.7 Å². The van der Waals surface area contributed by atoms with Gasteiger partial charge in [0.15, 0.2) is 5.78 Å². The molecule has 74 valence electrons. The molecule has 1 aromatic heterocycles. The fraction of sp³-hybridized carbons (Fsp3) is 0.455. The van der Waals surface area contributed by atoms with E-state index in [4.69, 9.17) is 4.74 Å². The first kappa shape index (κ1) is 9.19. The van der Waals surface area contributed by atoms with Gasteiger partial charge in [-0.1, -0.05) is 6.92 Å². The van der Waals surface area contributed by atoms with E-state index >= 15 is 0 Å². The summed E-state index contributed by atoms with van der Waals surface area (Å²) in [6, 6.07) is 3.54. The molecule has 14 heavy (non-hydrogen) atoms. The molecule has 0 amide bonds. The van der Waals surface area contributed by atoms with Crippen LogP contribution in [-0.2, 0) is 0 Å². The molecule has 1 fully saturated rings. The minimum absolute atomic E-state index is 0.120. The Bertz CT molecular complexity index is 362. The van der Waals surface area contributed by atoms with Crippen molar-refractivity contribution in [3.05, 3.63) is 24.0 Å². The summed E-state index contributed by atoms with van der Waals surface area (Å²) in [7, 11) is 1.56. The smallest absolute Gasteiger partial charge is 0.188 e. The molecular weight excluding hydrogens is 178 g/mol. The van der Waals surface area contributed by atoms with Gasteiger partial charge in [-0.25, -0.2) is 4.98 Å². The Morgan fingerprint density at radius 3 is 2.93 bits per heavy atom. The number of rotatable bonds is 3. The van der Waals surface area contributed by atoms with Gasteiger partial charge >= 0.3 is 0 Å². The molecule has 1 aliphatic carbocycles. The molecule has 0 radical (unpaired) electrons. The van der Waals surface area contributed by atoms with Crippen LogP contribution in [-0.4, -0.2) is 17.9 Å². The molecule has 0 aliphatic heterocycles. The Balaban J connectivity index is 2.26. The highest BCUT2D eigenvalue weighted by molar-refractivity contribution is 6.00. The molecule has 2 unspecified atom stereocenters. The summed E-state index contributed by atoms with van der Waals surface area (Å²) in [6.45, 7) is 2.08. The van der Waals surface area contributed by atoms with E-state index < -0.39 is 0 Å². The molecule has 0 N–H and O–H groups in total. The van der Waals surface area contributed by atoms with Crippen LogP contribution in [0.5, 0.6) is 5.75 Å². The number of aromatic nitrogens is 1. The number of hydrogen-bond acceptors (Lipinski definition) is 3. The van der Waals surface area contributed by atoms with Crippen molar-refractivity contribution < 1.29 is 9.53 Å². The number of carbonyl (C=O) groups excluding carboxylic acids is 1. The number of methoxy groups -OCH3 is 1. The number of nitrogens with zero attached hydrogens (tertiary/aromatic N) is 1. The van der Waals surface area contributed by atoms with Crippen molar-refractivity contribution in [1.29, 1.82) is 0 Å². The summed E-state index contributed by atoms with van der Waals surface area (Å²) in [5.41, 5.74) is 0.476. The van der Waals surface area contributed by atoms with Gasteiger partial charge in [-0.15, -0.1) is 0 Å². The number of Topliss-reactive ketones (excluding diaryl/α,β-unsaturated/α-hetero) is 1. The van der Waals surface area contributed by atoms with Crippen LogP contribution < -0.4 is 4.74 Å². The van der Waals surface area contributed by atoms with Crippen LogP contribution in [0.2, 0.25) is 0 Å². The van der Waals surface area contributed by atoms with E-state index in [1.165, 1.54) is 0 Å². The summed E-state index contributed by atoms with van der Waals surface area (Å²) in [6.07, 6.45) is 2.61. The zero-order valence-electron chi connectivity index (χ0n) is 8.36. The SMILES string of the molecule is COc1cccnc1C(=O)C1CC1C. The highest BCUT2D eigenvalue weighted by Gasteiger charge is 2.40. The van der Waals surface area contributed by atoms with Crippen molar-refractivity contribution in [1.82, 2.24) is 4.98 Å². The lowest BCUT2D eigenvalue weighted by molar-refractivity contribution is 0.0954. The van der Waals surface area contributed by atoms with Crippen molar-refractivity contribution in [2.45, 2.75) is 13.3 Å². The highest BCUT2D eigenvalue weighted by atomic mass is 16.5. The van der Waals surface area contributed by atoms with Crippen LogP contribution in [0.3, 0.4) is 0 Å². The monoisotopic (exact) mass is 191 g/mol. The Kier molecular flexibility index (Phi) is 2.23. The number of carbonyl (C=O) groups is 1. The van der Waals surface area contributed by atoms with Gasteiger partial charge in [-0.3, -0.25) is 4.79 Å². The molecule has 0 saturated heterocycles. The number of hydrogen-bond donors (Lipinski definition) is 0. The second-order valence-electron chi connectivity index (χ2n) is 3.74. The molecule has 3 heteroatoms. The summed E-state index contributed by atoms with van der Waals surface area (Å²) in [5.74, 6) is 1.37. The summed E-state index contributed by atoms with van der Waals surface area (Å²) < 4.78 is 5.10. The normalized spacial score (nSPS) is 24.4. The number of ketones is 1. The lowest BCUT2D eigenvalue weighted by Crippen LogP contribution is -2.07. The molecule has 1 aliphatic rings. The third-order valence-electron chi connectivity index (χ3n) is 2.67. The van der Waals surface area contributed by atoms with Gasteiger partial charge in [0.1, 0.15) is 11.4 Å². The zero-order valence-corrected chi connectivity index (χ0v) is 8.36. The van der Waals surface area contributed by atoms with Gasteiger partial charge in [0.2, 0.25) is 0 Å². The van der Waals surface area contributed by atoms with E-state index in [9.17, 15) is 4.79 Å². The minimum Gasteiger partial charge on any atom is -0.494 e.